The molecule has 0 radical (unpaired) electrons. The van der Waals surface area contributed by atoms with Crippen LogP contribution in [0.3, 0.4) is 0 Å². The number of phenols is 5. The molecule has 12 N–H and O–H groups in total. The Morgan fingerprint density at radius 1 is 0.756 bits per heavy atom. The van der Waals surface area contributed by atoms with E-state index in [0.29, 0.717) is 31.7 Å². The monoisotopic (exact) mass is 1130 g/mol. The number of rotatable bonds is 15. The second-order valence-corrected chi connectivity index (χ2v) is 19.6. The molecular formula is C59H63N5O18. The lowest BCUT2D eigenvalue weighted by Gasteiger charge is -2.42. The Kier molecular flexibility index (Phi) is 19.8. The van der Waals surface area contributed by atoms with Gasteiger partial charge in [0.15, 0.2) is 17.9 Å². The number of carbonyl (C=O) groups excluding carboxylic acids is 5. The van der Waals surface area contributed by atoms with E-state index in [4.69, 9.17) is 34.9 Å². The van der Waals surface area contributed by atoms with Crippen LogP contribution in [0.1, 0.15) is 92.5 Å². The summed E-state index contributed by atoms with van der Waals surface area (Å²) < 4.78 is 22.5. The van der Waals surface area contributed by atoms with Crippen molar-refractivity contribution in [1.82, 2.24) is 16.0 Å². The van der Waals surface area contributed by atoms with Crippen LogP contribution in [0.15, 0.2) is 115 Å². The maximum Gasteiger partial charge on any atom is 0.412 e. The molecule has 4 unspecified atom stereocenters. The number of carbonyl (C=O) groups is 5. The molecule has 1 saturated heterocycles. The van der Waals surface area contributed by atoms with Crippen molar-refractivity contribution in [1.29, 1.82) is 0 Å². The van der Waals surface area contributed by atoms with E-state index < -0.39 is 106 Å². The summed E-state index contributed by atoms with van der Waals surface area (Å²) in [5, 5.41) is 91.6. The number of hydrogen-bond acceptors (Lipinski definition) is 19. The van der Waals surface area contributed by atoms with Crippen LogP contribution in [0, 0.1) is 10.1 Å². The van der Waals surface area contributed by atoms with Gasteiger partial charge in [-0.2, -0.15) is 0 Å². The van der Waals surface area contributed by atoms with Crippen LogP contribution in [-0.2, 0) is 40.0 Å². The van der Waals surface area contributed by atoms with Gasteiger partial charge in [-0.1, -0.05) is 48.5 Å². The molecule has 82 heavy (non-hydrogen) atoms. The Bertz CT molecular complexity index is 3290. The number of Topliss-reactive ketones (excluding diaryl/α,β-unsaturated/α-hetero) is 1. The quantitative estimate of drug-likeness (QED) is 0.0326. The smallest absolute Gasteiger partial charge is 0.412 e. The fourth-order valence-electron chi connectivity index (χ4n) is 9.55. The van der Waals surface area contributed by atoms with Crippen molar-refractivity contribution < 1.29 is 83.6 Å². The maximum atomic E-state index is 13.9. The Labute approximate surface area is 470 Å². The van der Waals surface area contributed by atoms with E-state index in [0.717, 1.165) is 24.5 Å². The molecule has 3 amide bonds. The SMILES string of the molecule is COc1cccc2c1C(=O)c1c(O)c3c(c(O)c1C2=O)C[C@@](O)(C(C)=O)C[C@@H]3OC1CC(NC(=O)NCCc2ccc(O)cc2)C(O)C(C)O1.NCCc1ccc(O)cc1.O=C(NCCc1ccc(O)cc1)Oc1ccc([N+](=O)[O-])cc1. The van der Waals surface area contributed by atoms with Crippen molar-refractivity contribution in [3.8, 4) is 40.2 Å². The van der Waals surface area contributed by atoms with Crippen LogP contribution in [0.4, 0.5) is 15.3 Å². The number of hydrogen-bond donors (Lipinski definition) is 11. The van der Waals surface area contributed by atoms with Crippen molar-refractivity contribution >= 4 is 35.2 Å². The Morgan fingerprint density at radius 3 is 1.84 bits per heavy atom. The number of nitrogens with one attached hydrogen (secondary N) is 3. The number of non-ortho nitro benzene ring substituents is 1. The molecule has 0 saturated carbocycles. The number of aliphatic hydroxyl groups excluding tert-OH is 1. The highest BCUT2D eigenvalue weighted by atomic mass is 16.7. The first-order chi connectivity index (χ1) is 39.1. The molecule has 1 heterocycles. The van der Waals surface area contributed by atoms with Gasteiger partial charge in [0.25, 0.3) is 5.69 Å². The molecule has 2 aliphatic carbocycles. The van der Waals surface area contributed by atoms with Crippen molar-refractivity contribution in [2.24, 2.45) is 5.73 Å². The maximum absolute atomic E-state index is 13.9. The van der Waals surface area contributed by atoms with Gasteiger partial charge in [0.05, 0.1) is 47.0 Å². The Morgan fingerprint density at radius 2 is 1.30 bits per heavy atom. The third kappa shape index (κ3) is 14.6. The van der Waals surface area contributed by atoms with Gasteiger partial charge in [-0.3, -0.25) is 24.5 Å². The van der Waals surface area contributed by atoms with E-state index in [2.05, 4.69) is 16.0 Å². The average Bonchev–Trinajstić information content (AvgIpc) is 1.49. The molecule has 3 aliphatic rings. The fraction of sp³-hybridized carbons (Fsp3) is 0.305. The number of nitro groups is 1. The number of amides is 3. The third-order valence-corrected chi connectivity index (χ3v) is 14.0. The topological polar surface area (TPSA) is 369 Å². The zero-order chi connectivity index (χ0) is 59.4. The summed E-state index contributed by atoms with van der Waals surface area (Å²) in [6, 6.07) is 28.5. The van der Waals surface area contributed by atoms with Gasteiger partial charge in [0.1, 0.15) is 52.0 Å². The summed E-state index contributed by atoms with van der Waals surface area (Å²) >= 11 is 0. The van der Waals surface area contributed by atoms with Crippen LogP contribution in [0.2, 0.25) is 0 Å². The zero-order valence-corrected chi connectivity index (χ0v) is 44.9. The highest BCUT2D eigenvalue weighted by Crippen LogP contribution is 2.52. The minimum atomic E-state index is -2.09. The summed E-state index contributed by atoms with van der Waals surface area (Å²) in [6.45, 7) is 4.01. The largest absolute Gasteiger partial charge is 0.508 e. The van der Waals surface area contributed by atoms with E-state index >= 15 is 0 Å². The van der Waals surface area contributed by atoms with Gasteiger partial charge in [-0.25, -0.2) is 9.59 Å². The molecule has 9 rings (SSSR count). The predicted molar refractivity (Wildman–Crippen MR) is 294 cm³/mol. The molecular weight excluding hydrogens is 1070 g/mol. The lowest BCUT2D eigenvalue weighted by Crippen LogP contribution is -2.57. The number of aromatic hydroxyl groups is 5. The number of benzene rings is 6. The molecule has 6 aromatic carbocycles. The zero-order valence-electron chi connectivity index (χ0n) is 44.9. The van der Waals surface area contributed by atoms with Crippen LogP contribution in [0.25, 0.3) is 0 Å². The standard InChI is InChI=1S/C36H38N2O12.C15H14N2O5.C8H11NO/c1-16-30(41)22(38-35(46)37-12-11-18-7-9-19(40)10-8-18)13-25(49-16)50-24-15-36(47,17(2)39)14-21-27(24)34(45)29-28(32(21)43)31(42)20-5-4-6-23(48-3)26(20)33(29)44;18-13-5-1-11(2-6-13)9-10-16-15(19)22-14-7-3-12(4-8-14)17(20)21;9-6-5-7-1-3-8(10)4-2-7/h4-10,16,22,24-25,30,40-41,43,45,47H,11-15H2,1-3H3,(H2,37,38,46);1-8,18H,9-10H2,(H,16,19);1-4,10H,5-6,9H2/t16?,22?,24-,25?,30?,36-;;/m0../s1. The molecule has 0 aromatic heterocycles. The van der Waals surface area contributed by atoms with Crippen LogP contribution >= 0.6 is 0 Å². The van der Waals surface area contributed by atoms with Gasteiger partial charge in [-0.05, 0) is 111 Å². The van der Waals surface area contributed by atoms with E-state index in [1.165, 1.54) is 55.1 Å². The minimum absolute atomic E-state index is 0.0481. The number of ketones is 3. The minimum Gasteiger partial charge on any atom is -0.508 e. The van der Waals surface area contributed by atoms with Gasteiger partial charge < -0.3 is 76.4 Å². The number of nitrogens with zero attached hydrogens (tertiary/aromatic N) is 1. The van der Waals surface area contributed by atoms with Crippen molar-refractivity contribution in [3.05, 3.63) is 175 Å². The summed E-state index contributed by atoms with van der Waals surface area (Å²) in [4.78, 5) is 74.6. The van der Waals surface area contributed by atoms with E-state index in [9.17, 15) is 59.6 Å². The van der Waals surface area contributed by atoms with Crippen LogP contribution < -0.4 is 31.2 Å². The first-order valence-corrected chi connectivity index (χ1v) is 26.0. The fourth-order valence-corrected chi connectivity index (χ4v) is 9.55. The van der Waals surface area contributed by atoms with Crippen LogP contribution in [0.5, 0.6) is 40.2 Å². The summed E-state index contributed by atoms with van der Waals surface area (Å²) in [7, 11) is 1.32. The highest BCUT2D eigenvalue weighted by molar-refractivity contribution is 6.31. The molecule has 23 heteroatoms. The first kappa shape index (κ1) is 60.5. The van der Waals surface area contributed by atoms with Gasteiger partial charge >= 0.3 is 12.1 Å². The Hall–Kier alpha value is -9.13. The number of urea groups is 1. The van der Waals surface area contributed by atoms with E-state index in [1.807, 2.05) is 12.1 Å². The number of nitrogens with two attached hydrogens (primary N) is 1. The van der Waals surface area contributed by atoms with Crippen LogP contribution in [-0.4, -0.2) is 127 Å². The van der Waals surface area contributed by atoms with Gasteiger partial charge in [0, 0.05) is 61.2 Å². The van der Waals surface area contributed by atoms with Crippen molar-refractivity contribution in [3.63, 3.8) is 0 Å². The number of aliphatic hydroxyl groups is 2. The number of fused-ring (bicyclic) bond motifs is 3. The number of methoxy groups -OCH3 is 1. The Balaban J connectivity index is 0.000000247. The van der Waals surface area contributed by atoms with E-state index in [-0.39, 0.29) is 63.9 Å². The molecule has 432 valence electrons. The second-order valence-electron chi connectivity index (χ2n) is 19.6. The molecule has 0 spiro atoms. The number of phenolic OH excluding ortho intramolecular Hbond substituents is 5. The number of ether oxygens (including phenoxy) is 4. The molecule has 23 nitrogen and oxygen atoms in total. The van der Waals surface area contributed by atoms with E-state index in [1.54, 1.807) is 67.6 Å². The van der Waals surface area contributed by atoms with Gasteiger partial charge in [0.2, 0.25) is 5.78 Å². The van der Waals surface area contributed by atoms with Gasteiger partial charge in [-0.15, -0.1) is 0 Å². The summed E-state index contributed by atoms with van der Waals surface area (Å²) in [5.74, 6) is -2.59. The lowest BCUT2D eigenvalue weighted by atomic mass is 9.72. The van der Waals surface area contributed by atoms with Crippen molar-refractivity contribution in [2.75, 3.05) is 26.7 Å². The lowest BCUT2D eigenvalue weighted by molar-refractivity contribution is -0.384. The third-order valence-electron chi connectivity index (χ3n) is 14.0. The molecule has 0 bridgehead atoms. The normalized spacial score (nSPS) is 19.5. The number of nitro benzene ring substituents is 1. The predicted octanol–water partition coefficient (Wildman–Crippen LogP) is 5.84. The second kappa shape index (κ2) is 26.9. The molecule has 1 aliphatic heterocycles. The summed E-state index contributed by atoms with van der Waals surface area (Å²) in [5.41, 5.74) is 4.87. The molecule has 6 aromatic rings. The first-order valence-electron chi connectivity index (χ1n) is 26.0. The summed E-state index contributed by atoms with van der Waals surface area (Å²) in [6.07, 6.45) is -4.19. The molecule has 1 fully saturated rings. The molecule has 6 atom stereocenters. The van der Waals surface area contributed by atoms with Crippen molar-refractivity contribution in [2.45, 2.75) is 88.6 Å². The average molecular weight is 1130 g/mol. The highest BCUT2D eigenvalue weighted by Gasteiger charge is 2.50.